The molecule has 38 heavy (non-hydrogen) atoms. The summed E-state index contributed by atoms with van der Waals surface area (Å²) in [5, 5.41) is 13.7. The zero-order valence-electron chi connectivity index (χ0n) is 24.1. The molecule has 3 rings (SSSR count). The number of allylic oxidation sites excluding steroid dienone is 1. The Morgan fingerprint density at radius 2 is 1.74 bits per heavy atom. The monoisotopic (exact) mass is 526 g/mol. The first kappa shape index (κ1) is 29.9. The molecule has 7 nitrogen and oxygen atoms in total. The predicted molar refractivity (Wildman–Crippen MR) is 148 cm³/mol. The lowest BCUT2D eigenvalue weighted by Crippen LogP contribution is -2.55. The van der Waals surface area contributed by atoms with E-state index in [0.29, 0.717) is 0 Å². The Kier molecular flexibility index (Phi) is 9.45. The van der Waals surface area contributed by atoms with Crippen molar-refractivity contribution < 1.29 is 24.2 Å². The number of aliphatic hydroxyl groups excluding tert-OH is 1. The van der Waals surface area contributed by atoms with Gasteiger partial charge in [0.15, 0.2) is 0 Å². The van der Waals surface area contributed by atoms with Crippen molar-refractivity contribution in [2.45, 2.75) is 85.4 Å². The number of aliphatic hydroxyl groups is 1. The molecule has 1 aliphatic heterocycles. The van der Waals surface area contributed by atoms with E-state index in [2.05, 4.69) is 33.0 Å². The summed E-state index contributed by atoms with van der Waals surface area (Å²) in [5.41, 5.74) is 0.207. The Labute approximate surface area is 228 Å². The van der Waals surface area contributed by atoms with Crippen LogP contribution in [-0.2, 0) is 19.1 Å². The number of nitrogens with zero attached hydrogens (tertiary/aromatic N) is 1. The van der Waals surface area contributed by atoms with Crippen LogP contribution >= 0.6 is 0 Å². The molecule has 1 aromatic carbocycles. The van der Waals surface area contributed by atoms with E-state index in [1.54, 1.807) is 6.92 Å². The average Bonchev–Trinajstić information content (AvgIpc) is 3.11. The van der Waals surface area contributed by atoms with Gasteiger partial charge in [0.2, 0.25) is 11.8 Å². The minimum absolute atomic E-state index is 0.0186. The number of carbonyl (C=O) groups is 3. The zero-order chi connectivity index (χ0) is 28.3. The Morgan fingerprint density at radius 1 is 1.08 bits per heavy atom. The van der Waals surface area contributed by atoms with Gasteiger partial charge in [0.25, 0.3) is 0 Å². The maximum atomic E-state index is 14.3. The zero-order valence-corrected chi connectivity index (χ0v) is 24.1. The van der Waals surface area contributed by atoms with Crippen LogP contribution in [0, 0.1) is 29.1 Å². The highest BCUT2D eigenvalue weighted by molar-refractivity contribution is 5.96. The fourth-order valence-corrected chi connectivity index (χ4v) is 6.75. The molecule has 1 aromatic rings. The minimum Gasteiger partial charge on any atom is -0.466 e. The van der Waals surface area contributed by atoms with Gasteiger partial charge in [0.1, 0.15) is 6.04 Å². The highest BCUT2D eigenvalue weighted by Gasteiger charge is 2.59. The summed E-state index contributed by atoms with van der Waals surface area (Å²) in [6.07, 6.45) is 6.30. The summed E-state index contributed by atoms with van der Waals surface area (Å²) in [6.45, 7) is 14.1. The second-order valence-corrected chi connectivity index (χ2v) is 12.6. The molecule has 0 spiro atoms. The van der Waals surface area contributed by atoms with Gasteiger partial charge >= 0.3 is 5.97 Å². The van der Waals surface area contributed by atoms with Crippen molar-refractivity contribution in [1.82, 2.24) is 10.2 Å². The number of carbonyl (C=O) groups excluding carboxylic acids is 3. The number of hydrogen-bond donors (Lipinski definition) is 2. The number of ether oxygens (including phenoxy) is 1. The van der Waals surface area contributed by atoms with Crippen LogP contribution in [0.25, 0.3) is 0 Å². The molecule has 2 aliphatic rings. The van der Waals surface area contributed by atoms with Crippen molar-refractivity contribution in [3.05, 3.63) is 48.0 Å². The number of likely N-dealkylation sites (tertiary alicyclic amines) is 1. The number of fused-ring (bicyclic) bond motifs is 1. The SMILES string of the molecule is CCC[C@@H]1C=C[C@H]2[C@@H](C(=O)N([C@H](CO)c3ccccc3)[C@@H]2C(=O)NC(C)(C)CC(C)(C)C)[C@@H]1C(=O)OCC. The molecule has 2 N–H and O–H groups in total. The number of amides is 2. The van der Waals surface area contributed by atoms with E-state index in [1.807, 2.05) is 56.3 Å². The van der Waals surface area contributed by atoms with Gasteiger partial charge in [-0.25, -0.2) is 0 Å². The lowest BCUT2D eigenvalue weighted by Gasteiger charge is -2.38. The third-order valence-corrected chi connectivity index (χ3v) is 7.62. The van der Waals surface area contributed by atoms with Gasteiger partial charge in [-0.2, -0.15) is 0 Å². The van der Waals surface area contributed by atoms with E-state index in [4.69, 9.17) is 4.74 Å². The van der Waals surface area contributed by atoms with Crippen LogP contribution in [-0.4, -0.2) is 52.6 Å². The number of benzene rings is 1. The van der Waals surface area contributed by atoms with Gasteiger partial charge in [0.05, 0.1) is 31.1 Å². The largest absolute Gasteiger partial charge is 0.466 e. The molecule has 210 valence electrons. The van der Waals surface area contributed by atoms with Gasteiger partial charge in [-0.05, 0) is 50.5 Å². The minimum atomic E-state index is -0.861. The normalized spacial score (nSPS) is 26.2. The summed E-state index contributed by atoms with van der Waals surface area (Å²) in [4.78, 5) is 43.2. The smallest absolute Gasteiger partial charge is 0.310 e. The standard InChI is InChI=1S/C31H46N2O5/c1-8-13-21-16-17-22-25(24(21)29(37)38-9-2)28(36)33(23(18-34)20-14-11-10-12-15-20)26(22)27(35)32-31(6,7)19-30(3,4)5/h10-12,14-17,21-26,34H,8-9,13,18-19H2,1-7H3,(H,32,35)/t21-,22+,23-,24-,25-,26+/m1/s1. The Balaban J connectivity index is 2.10. The molecule has 0 bridgehead atoms. The second-order valence-electron chi connectivity index (χ2n) is 12.6. The molecular weight excluding hydrogens is 480 g/mol. The van der Waals surface area contributed by atoms with E-state index >= 15 is 0 Å². The quantitative estimate of drug-likeness (QED) is 0.342. The fourth-order valence-electron chi connectivity index (χ4n) is 6.75. The van der Waals surface area contributed by atoms with E-state index in [1.165, 1.54) is 4.90 Å². The first-order valence-corrected chi connectivity index (χ1v) is 14.0. The van der Waals surface area contributed by atoms with Crippen LogP contribution in [0.4, 0.5) is 0 Å². The van der Waals surface area contributed by atoms with Crippen LogP contribution < -0.4 is 5.32 Å². The molecule has 0 aromatic heterocycles. The van der Waals surface area contributed by atoms with Crippen molar-refractivity contribution in [3.63, 3.8) is 0 Å². The highest BCUT2D eigenvalue weighted by Crippen LogP contribution is 2.48. The Bertz CT molecular complexity index is 1010. The van der Waals surface area contributed by atoms with Gasteiger partial charge in [-0.1, -0.05) is 76.6 Å². The molecule has 1 saturated heterocycles. The topological polar surface area (TPSA) is 95.9 Å². The van der Waals surface area contributed by atoms with Crippen molar-refractivity contribution >= 4 is 17.8 Å². The van der Waals surface area contributed by atoms with E-state index in [9.17, 15) is 19.5 Å². The van der Waals surface area contributed by atoms with Crippen LogP contribution in [0.2, 0.25) is 0 Å². The Hall–Kier alpha value is -2.67. The summed E-state index contributed by atoms with van der Waals surface area (Å²) < 4.78 is 5.46. The summed E-state index contributed by atoms with van der Waals surface area (Å²) in [6, 6.07) is 7.71. The van der Waals surface area contributed by atoms with Crippen LogP contribution in [0.15, 0.2) is 42.5 Å². The summed E-state index contributed by atoms with van der Waals surface area (Å²) >= 11 is 0. The molecule has 7 heteroatoms. The lowest BCUT2D eigenvalue weighted by atomic mass is 9.68. The molecule has 2 amide bonds. The van der Waals surface area contributed by atoms with Crippen LogP contribution in [0.1, 0.15) is 79.3 Å². The average molecular weight is 527 g/mol. The number of esters is 1. The molecule has 0 unspecified atom stereocenters. The van der Waals surface area contributed by atoms with Crippen molar-refractivity contribution in [2.75, 3.05) is 13.2 Å². The molecular formula is C31H46N2O5. The molecule has 1 aliphatic carbocycles. The first-order chi connectivity index (χ1) is 17.8. The third-order valence-electron chi connectivity index (χ3n) is 7.62. The number of nitrogens with one attached hydrogen (secondary N) is 1. The van der Waals surface area contributed by atoms with Gasteiger partial charge in [-0.3, -0.25) is 14.4 Å². The van der Waals surface area contributed by atoms with E-state index in [0.717, 1.165) is 24.8 Å². The predicted octanol–water partition coefficient (Wildman–Crippen LogP) is 4.66. The highest BCUT2D eigenvalue weighted by atomic mass is 16.5. The molecule has 0 saturated carbocycles. The van der Waals surface area contributed by atoms with Crippen molar-refractivity contribution in [2.24, 2.45) is 29.1 Å². The number of rotatable bonds is 10. The lowest BCUT2D eigenvalue weighted by molar-refractivity contribution is -0.156. The van der Waals surface area contributed by atoms with Gasteiger partial charge < -0.3 is 20.1 Å². The first-order valence-electron chi connectivity index (χ1n) is 14.0. The Morgan fingerprint density at radius 3 is 2.29 bits per heavy atom. The van der Waals surface area contributed by atoms with E-state index < -0.39 is 41.3 Å². The van der Waals surface area contributed by atoms with Gasteiger partial charge in [-0.15, -0.1) is 0 Å². The second kappa shape index (κ2) is 12.0. The maximum absolute atomic E-state index is 14.3. The van der Waals surface area contributed by atoms with Gasteiger partial charge in [0, 0.05) is 11.5 Å². The summed E-state index contributed by atoms with van der Waals surface area (Å²) in [7, 11) is 0. The van der Waals surface area contributed by atoms with E-state index in [-0.39, 0.29) is 36.4 Å². The molecule has 1 fully saturated rings. The maximum Gasteiger partial charge on any atom is 0.310 e. The fraction of sp³-hybridized carbons (Fsp3) is 0.645. The number of hydrogen-bond acceptors (Lipinski definition) is 5. The summed E-state index contributed by atoms with van der Waals surface area (Å²) in [5.74, 6) is -2.99. The molecule has 1 heterocycles. The third kappa shape index (κ3) is 6.48. The van der Waals surface area contributed by atoms with Crippen molar-refractivity contribution in [3.8, 4) is 0 Å². The van der Waals surface area contributed by atoms with Crippen LogP contribution in [0.5, 0.6) is 0 Å². The van der Waals surface area contributed by atoms with Crippen LogP contribution in [0.3, 0.4) is 0 Å². The van der Waals surface area contributed by atoms with Crippen molar-refractivity contribution in [1.29, 1.82) is 0 Å². The molecule has 6 atom stereocenters. The molecule has 0 radical (unpaired) electrons.